The van der Waals surface area contributed by atoms with Gasteiger partial charge in [0.05, 0.1) is 25.6 Å². The van der Waals surface area contributed by atoms with Crippen LogP contribution < -0.4 is 27.0 Å². The van der Waals surface area contributed by atoms with Gasteiger partial charge >= 0.3 is 11.9 Å². The Labute approximate surface area is 198 Å². The van der Waals surface area contributed by atoms with Crippen LogP contribution in [-0.2, 0) is 35.2 Å². The van der Waals surface area contributed by atoms with E-state index in [-0.39, 0.29) is 12.2 Å². The number of aromatic hydroxyl groups is 1. The number of aliphatic hydroxyl groups is 1. The van der Waals surface area contributed by atoms with E-state index in [1.807, 2.05) is 0 Å². The third kappa shape index (κ3) is 11.0. The lowest BCUT2D eigenvalue weighted by Crippen LogP contribution is -2.55. The summed E-state index contributed by atoms with van der Waals surface area (Å²) in [7, 11) is 0. The number of phenols is 1. The Hall–Kier alpha value is -4.24. The summed E-state index contributed by atoms with van der Waals surface area (Å²) in [5.74, 6) is -6.32. The number of phenolic OH excluding ortho intramolecular Hbond substituents is 1. The van der Waals surface area contributed by atoms with Crippen LogP contribution in [-0.4, -0.2) is 93.8 Å². The molecule has 3 atom stereocenters. The zero-order valence-electron chi connectivity index (χ0n) is 18.4. The highest BCUT2D eigenvalue weighted by atomic mass is 16.4. The van der Waals surface area contributed by atoms with Crippen molar-refractivity contribution < 1.29 is 49.2 Å². The number of hydrogen-bond acceptors (Lipinski definition) is 9. The van der Waals surface area contributed by atoms with Crippen molar-refractivity contribution >= 4 is 35.6 Å². The predicted octanol–water partition coefficient (Wildman–Crippen LogP) is -3.98. The van der Waals surface area contributed by atoms with Gasteiger partial charge in [-0.25, -0.2) is 0 Å². The molecule has 0 aliphatic heterocycles. The molecule has 0 aliphatic rings. The van der Waals surface area contributed by atoms with Gasteiger partial charge in [0.25, 0.3) is 0 Å². The lowest BCUT2D eigenvalue weighted by molar-refractivity contribution is -0.140. The van der Waals surface area contributed by atoms with E-state index in [4.69, 9.17) is 15.9 Å². The molecule has 0 aromatic heterocycles. The van der Waals surface area contributed by atoms with Crippen molar-refractivity contribution in [3.8, 4) is 5.75 Å². The summed E-state index contributed by atoms with van der Waals surface area (Å²) >= 11 is 0. The second kappa shape index (κ2) is 14.1. The minimum atomic E-state index is -1.53. The van der Waals surface area contributed by atoms with Crippen molar-refractivity contribution in [2.24, 2.45) is 5.73 Å². The number of aliphatic carboxylic acids is 2. The Bertz CT molecular complexity index is 937. The molecule has 10 N–H and O–H groups in total. The van der Waals surface area contributed by atoms with Crippen LogP contribution in [0, 0.1) is 0 Å². The van der Waals surface area contributed by atoms with Crippen molar-refractivity contribution in [2.45, 2.75) is 31.0 Å². The zero-order valence-corrected chi connectivity index (χ0v) is 18.4. The van der Waals surface area contributed by atoms with Crippen molar-refractivity contribution in [3.63, 3.8) is 0 Å². The SMILES string of the molecule is N[C@@H](CC(=O)O)C(=O)N[C@@H](CO)C(=O)NCC(=O)N[C@@H](Cc1ccc(O)cc1)C(=O)NCC(=O)O. The molecule has 0 saturated heterocycles. The molecule has 1 aromatic rings. The average Bonchev–Trinajstić information content (AvgIpc) is 2.79. The number of rotatable bonds is 14. The third-order valence-corrected chi connectivity index (χ3v) is 4.41. The van der Waals surface area contributed by atoms with Gasteiger partial charge < -0.3 is 47.4 Å². The van der Waals surface area contributed by atoms with E-state index in [0.717, 1.165) is 0 Å². The minimum Gasteiger partial charge on any atom is -0.508 e. The normalized spacial score (nSPS) is 13.0. The van der Waals surface area contributed by atoms with Crippen molar-refractivity contribution in [1.82, 2.24) is 21.3 Å². The van der Waals surface area contributed by atoms with Gasteiger partial charge in [0.2, 0.25) is 23.6 Å². The fraction of sp³-hybridized carbons (Fsp3) is 0.400. The molecule has 0 heterocycles. The summed E-state index contributed by atoms with van der Waals surface area (Å²) in [6.07, 6.45) is -0.775. The number of aliphatic hydroxyl groups excluding tert-OH is 1. The highest BCUT2D eigenvalue weighted by Crippen LogP contribution is 2.11. The van der Waals surface area contributed by atoms with E-state index in [0.29, 0.717) is 5.56 Å². The van der Waals surface area contributed by atoms with Gasteiger partial charge in [-0.2, -0.15) is 0 Å². The molecule has 15 nitrogen and oxygen atoms in total. The number of carbonyl (C=O) groups is 6. The molecule has 35 heavy (non-hydrogen) atoms. The summed E-state index contributed by atoms with van der Waals surface area (Å²) in [6, 6.07) is 1.47. The van der Waals surface area contributed by atoms with Crippen LogP contribution in [0.15, 0.2) is 24.3 Å². The van der Waals surface area contributed by atoms with Gasteiger partial charge in [-0.3, -0.25) is 28.8 Å². The van der Waals surface area contributed by atoms with E-state index in [9.17, 15) is 39.0 Å². The van der Waals surface area contributed by atoms with E-state index in [1.54, 1.807) is 0 Å². The quantitative estimate of drug-likeness (QED) is 0.120. The maximum atomic E-state index is 12.3. The molecule has 192 valence electrons. The van der Waals surface area contributed by atoms with Gasteiger partial charge in [-0.15, -0.1) is 0 Å². The standard InChI is InChI=1S/C20H27N5O10/c21-12(6-16(29)30)18(33)25-14(9-26)20(35)22-7-15(28)24-13(19(34)23-8-17(31)32)5-10-1-3-11(27)4-2-10/h1-4,12-14,26-27H,5-9,21H2,(H,22,35)(H,23,34)(H,24,28)(H,25,33)(H,29,30)(H,31,32)/t12-,13-,14-/m0/s1. The first-order valence-electron chi connectivity index (χ1n) is 10.2. The highest BCUT2D eigenvalue weighted by molar-refractivity contribution is 5.94. The van der Waals surface area contributed by atoms with E-state index >= 15 is 0 Å². The third-order valence-electron chi connectivity index (χ3n) is 4.41. The molecule has 0 aliphatic carbocycles. The van der Waals surface area contributed by atoms with Crippen LogP contribution in [0.1, 0.15) is 12.0 Å². The fourth-order valence-corrected chi connectivity index (χ4v) is 2.65. The summed E-state index contributed by atoms with van der Waals surface area (Å²) in [4.78, 5) is 70.0. The van der Waals surface area contributed by atoms with Crippen LogP contribution in [0.3, 0.4) is 0 Å². The molecule has 4 amide bonds. The van der Waals surface area contributed by atoms with E-state index in [2.05, 4.69) is 21.3 Å². The average molecular weight is 497 g/mol. The second-order valence-electron chi connectivity index (χ2n) is 7.27. The van der Waals surface area contributed by atoms with Crippen LogP contribution in [0.25, 0.3) is 0 Å². The van der Waals surface area contributed by atoms with Gasteiger partial charge in [0, 0.05) is 6.42 Å². The lowest BCUT2D eigenvalue weighted by atomic mass is 10.0. The maximum absolute atomic E-state index is 12.3. The molecular weight excluding hydrogens is 470 g/mol. The van der Waals surface area contributed by atoms with Gasteiger partial charge in [-0.05, 0) is 17.7 Å². The number of nitrogens with two attached hydrogens (primary N) is 1. The van der Waals surface area contributed by atoms with Crippen molar-refractivity contribution in [3.05, 3.63) is 29.8 Å². The molecule has 0 bridgehead atoms. The number of carbonyl (C=O) groups excluding carboxylic acids is 4. The van der Waals surface area contributed by atoms with Gasteiger partial charge in [0.15, 0.2) is 0 Å². The number of benzene rings is 1. The van der Waals surface area contributed by atoms with Crippen LogP contribution in [0.4, 0.5) is 0 Å². The molecule has 1 rings (SSSR count). The largest absolute Gasteiger partial charge is 0.508 e. The Kier molecular flexibility index (Phi) is 11.6. The summed E-state index contributed by atoms with van der Waals surface area (Å²) in [5.41, 5.74) is 5.91. The topological polar surface area (TPSA) is 257 Å². The molecule has 0 unspecified atom stereocenters. The van der Waals surface area contributed by atoms with Crippen LogP contribution in [0.5, 0.6) is 5.75 Å². The maximum Gasteiger partial charge on any atom is 0.322 e. The highest BCUT2D eigenvalue weighted by Gasteiger charge is 2.26. The number of nitrogens with one attached hydrogen (secondary N) is 4. The summed E-state index contributed by atoms with van der Waals surface area (Å²) in [5, 5.41) is 44.8. The lowest BCUT2D eigenvalue weighted by Gasteiger charge is -2.20. The monoisotopic (exact) mass is 497 g/mol. The van der Waals surface area contributed by atoms with E-state index in [1.165, 1.54) is 24.3 Å². The summed E-state index contributed by atoms with van der Waals surface area (Å²) in [6.45, 7) is -2.25. The first kappa shape index (κ1) is 28.8. The van der Waals surface area contributed by atoms with Crippen LogP contribution in [0.2, 0.25) is 0 Å². The smallest absolute Gasteiger partial charge is 0.322 e. The van der Waals surface area contributed by atoms with Gasteiger partial charge in [-0.1, -0.05) is 12.1 Å². The Morgan fingerprint density at radius 3 is 1.91 bits per heavy atom. The Morgan fingerprint density at radius 2 is 1.37 bits per heavy atom. The molecule has 0 radical (unpaired) electrons. The predicted molar refractivity (Wildman–Crippen MR) is 117 cm³/mol. The first-order chi connectivity index (χ1) is 16.4. The Balaban J connectivity index is 2.73. The fourth-order valence-electron chi connectivity index (χ4n) is 2.65. The first-order valence-corrected chi connectivity index (χ1v) is 10.2. The van der Waals surface area contributed by atoms with Crippen LogP contribution >= 0.6 is 0 Å². The Morgan fingerprint density at radius 1 is 0.800 bits per heavy atom. The summed E-state index contributed by atoms with van der Waals surface area (Å²) < 4.78 is 0. The number of carboxylic acids is 2. The minimum absolute atomic E-state index is 0.0261. The second-order valence-corrected chi connectivity index (χ2v) is 7.27. The van der Waals surface area contributed by atoms with Crippen molar-refractivity contribution in [1.29, 1.82) is 0 Å². The number of hydrogen-bond donors (Lipinski definition) is 9. The number of amides is 4. The zero-order chi connectivity index (χ0) is 26.5. The molecule has 0 fully saturated rings. The molecule has 0 saturated carbocycles. The van der Waals surface area contributed by atoms with Crippen molar-refractivity contribution in [2.75, 3.05) is 19.7 Å². The van der Waals surface area contributed by atoms with Gasteiger partial charge in [0.1, 0.15) is 24.4 Å². The number of carboxylic acid groups (broad SMARTS) is 2. The molecule has 0 spiro atoms. The molecular formula is C20H27N5O10. The molecule has 15 heteroatoms. The molecule has 1 aromatic carbocycles. The van der Waals surface area contributed by atoms with E-state index < -0.39 is 79.8 Å².